The lowest BCUT2D eigenvalue weighted by atomic mass is 10.0. The molecule has 0 aliphatic heterocycles. The van der Waals surface area contributed by atoms with Crippen LogP contribution in [0.5, 0.6) is 0 Å². The van der Waals surface area contributed by atoms with Gasteiger partial charge in [0.1, 0.15) is 0 Å². The lowest BCUT2D eigenvalue weighted by Gasteiger charge is -2.05. The maximum absolute atomic E-state index is 12.2. The number of carbonyl (C=O) groups is 1. The summed E-state index contributed by atoms with van der Waals surface area (Å²) in [5.41, 5.74) is 11.0. The van der Waals surface area contributed by atoms with Crippen LogP contribution in [0.15, 0.2) is 70.5 Å². The summed E-state index contributed by atoms with van der Waals surface area (Å²) >= 11 is 0. The summed E-state index contributed by atoms with van der Waals surface area (Å²) in [6.07, 6.45) is 2.92. The fraction of sp³-hybridized carbons (Fsp3) is 0. The maximum Gasteiger partial charge on any atom is 0.293 e. The van der Waals surface area contributed by atoms with Crippen molar-refractivity contribution in [3.05, 3.63) is 72.1 Å². The molecular weight excluding hydrogens is 360 g/mol. The van der Waals surface area contributed by atoms with E-state index < -0.39 is 5.91 Å². The van der Waals surface area contributed by atoms with E-state index >= 15 is 0 Å². The summed E-state index contributed by atoms with van der Waals surface area (Å²) in [5.74, 6) is -0.353. The molecule has 0 radical (unpaired) electrons. The molecule has 0 aliphatic carbocycles. The van der Waals surface area contributed by atoms with Gasteiger partial charge in [0, 0.05) is 5.56 Å². The predicted molar refractivity (Wildman–Crippen MR) is 101 cm³/mol. The first-order valence-electron chi connectivity index (χ1n) is 8.21. The normalized spacial score (nSPS) is 11.0. The minimum atomic E-state index is -0.533. The molecule has 2 aromatic heterocycles. The van der Waals surface area contributed by atoms with Gasteiger partial charge in [-0.1, -0.05) is 59.8 Å². The predicted octanol–water partition coefficient (Wildman–Crippen LogP) is 1.66. The number of hydrazone groups is 1. The highest BCUT2D eigenvalue weighted by atomic mass is 16.6. The Labute approximate surface area is 158 Å². The van der Waals surface area contributed by atoms with E-state index in [0.29, 0.717) is 0 Å². The van der Waals surface area contributed by atoms with E-state index in [1.165, 1.54) is 10.9 Å². The molecule has 0 saturated carbocycles. The lowest BCUT2D eigenvalue weighted by Crippen LogP contribution is -2.18. The SMILES string of the molecule is Nc1nonc1-n1cc(C(=O)N/N=C/c2ccccc2-c2ccccc2)nn1. The Balaban J connectivity index is 1.48. The van der Waals surface area contributed by atoms with E-state index in [4.69, 9.17) is 5.73 Å². The average Bonchev–Trinajstić information content (AvgIpc) is 3.38. The third-order valence-electron chi connectivity index (χ3n) is 3.85. The highest BCUT2D eigenvalue weighted by molar-refractivity contribution is 5.94. The molecule has 4 aromatic rings. The molecule has 10 nitrogen and oxygen atoms in total. The molecule has 28 heavy (non-hydrogen) atoms. The van der Waals surface area contributed by atoms with Crippen LogP contribution in [0, 0.1) is 0 Å². The molecule has 10 heteroatoms. The number of nitrogen functional groups attached to an aromatic ring is 1. The molecule has 138 valence electrons. The van der Waals surface area contributed by atoms with E-state index in [2.05, 4.69) is 35.8 Å². The van der Waals surface area contributed by atoms with Gasteiger partial charge in [0.2, 0.25) is 11.6 Å². The minimum Gasteiger partial charge on any atom is -0.378 e. The lowest BCUT2D eigenvalue weighted by molar-refractivity contribution is 0.0950. The number of benzene rings is 2. The number of nitrogens with one attached hydrogen (secondary N) is 1. The van der Waals surface area contributed by atoms with Crippen LogP contribution >= 0.6 is 0 Å². The molecule has 0 saturated heterocycles. The van der Waals surface area contributed by atoms with E-state index in [9.17, 15) is 4.79 Å². The summed E-state index contributed by atoms with van der Waals surface area (Å²) < 4.78 is 5.68. The van der Waals surface area contributed by atoms with Gasteiger partial charge >= 0.3 is 0 Å². The quantitative estimate of drug-likeness (QED) is 0.400. The standard InChI is InChI=1S/C18H14N8O2/c19-16-17(24-28-23-16)26-11-15(21-25-26)18(27)22-20-10-13-8-4-5-9-14(13)12-6-2-1-3-7-12/h1-11H,(H2,19,23)(H,22,27)/b20-10+. The monoisotopic (exact) mass is 374 g/mol. The van der Waals surface area contributed by atoms with Crippen LogP contribution in [0.4, 0.5) is 5.82 Å². The number of carbonyl (C=O) groups excluding carboxylic acids is 1. The first kappa shape index (κ1) is 17.1. The zero-order valence-electron chi connectivity index (χ0n) is 14.4. The summed E-state index contributed by atoms with van der Waals surface area (Å²) in [6, 6.07) is 17.6. The Morgan fingerprint density at radius 1 is 1.11 bits per heavy atom. The molecule has 0 bridgehead atoms. The van der Waals surface area contributed by atoms with Gasteiger partial charge in [-0.15, -0.1) is 5.10 Å². The number of rotatable bonds is 5. The van der Waals surface area contributed by atoms with Gasteiger partial charge in [-0.2, -0.15) is 9.78 Å². The number of hydrogen-bond donors (Lipinski definition) is 2. The number of hydrogen-bond acceptors (Lipinski definition) is 8. The third-order valence-corrected chi connectivity index (χ3v) is 3.85. The number of aromatic nitrogens is 5. The highest BCUT2D eigenvalue weighted by Gasteiger charge is 2.15. The second-order valence-corrected chi connectivity index (χ2v) is 5.67. The Morgan fingerprint density at radius 2 is 1.89 bits per heavy atom. The van der Waals surface area contributed by atoms with Crippen molar-refractivity contribution in [1.29, 1.82) is 0 Å². The van der Waals surface area contributed by atoms with Gasteiger partial charge in [-0.25, -0.2) is 10.1 Å². The summed E-state index contributed by atoms with van der Waals surface area (Å²) in [6.45, 7) is 0. The number of anilines is 1. The van der Waals surface area contributed by atoms with E-state index in [-0.39, 0.29) is 17.3 Å². The van der Waals surface area contributed by atoms with E-state index in [1.807, 2.05) is 54.6 Å². The number of amides is 1. The zero-order valence-corrected chi connectivity index (χ0v) is 14.4. The zero-order chi connectivity index (χ0) is 19.3. The largest absolute Gasteiger partial charge is 0.378 e. The van der Waals surface area contributed by atoms with E-state index in [1.54, 1.807) is 6.21 Å². The van der Waals surface area contributed by atoms with Crippen LogP contribution < -0.4 is 11.2 Å². The summed E-state index contributed by atoms with van der Waals surface area (Å²) in [7, 11) is 0. The van der Waals surface area contributed by atoms with Crippen LogP contribution in [0.25, 0.3) is 16.9 Å². The highest BCUT2D eigenvalue weighted by Crippen LogP contribution is 2.21. The van der Waals surface area contributed by atoms with E-state index in [0.717, 1.165) is 16.7 Å². The molecule has 0 spiro atoms. The number of nitrogens with two attached hydrogens (primary N) is 1. The first-order valence-corrected chi connectivity index (χ1v) is 8.21. The van der Waals surface area contributed by atoms with Crippen LogP contribution in [0.1, 0.15) is 16.1 Å². The molecule has 3 N–H and O–H groups in total. The fourth-order valence-electron chi connectivity index (χ4n) is 2.53. The van der Waals surface area contributed by atoms with Crippen molar-refractivity contribution in [3.63, 3.8) is 0 Å². The molecule has 2 aromatic carbocycles. The Bertz CT molecular complexity index is 1130. The van der Waals surface area contributed by atoms with Crippen LogP contribution in [0.2, 0.25) is 0 Å². The maximum atomic E-state index is 12.2. The Kier molecular flexibility index (Phi) is 4.58. The van der Waals surface area contributed by atoms with Gasteiger partial charge in [-0.3, -0.25) is 4.79 Å². The van der Waals surface area contributed by atoms with Gasteiger partial charge in [0.25, 0.3) is 5.91 Å². The van der Waals surface area contributed by atoms with Crippen molar-refractivity contribution < 1.29 is 9.42 Å². The molecule has 0 atom stereocenters. The van der Waals surface area contributed by atoms with Crippen molar-refractivity contribution >= 4 is 17.9 Å². The van der Waals surface area contributed by atoms with Crippen molar-refractivity contribution in [2.24, 2.45) is 5.10 Å². The second kappa shape index (κ2) is 7.50. The van der Waals surface area contributed by atoms with Crippen molar-refractivity contribution in [1.82, 2.24) is 30.7 Å². The van der Waals surface area contributed by atoms with Crippen molar-refractivity contribution in [2.45, 2.75) is 0 Å². The topological polar surface area (TPSA) is 137 Å². The van der Waals surface area contributed by atoms with Crippen LogP contribution in [-0.4, -0.2) is 37.4 Å². The second-order valence-electron chi connectivity index (χ2n) is 5.67. The third kappa shape index (κ3) is 3.46. The Morgan fingerprint density at radius 3 is 2.68 bits per heavy atom. The summed E-state index contributed by atoms with van der Waals surface area (Å²) in [4.78, 5) is 12.2. The van der Waals surface area contributed by atoms with Crippen LogP contribution in [0.3, 0.4) is 0 Å². The molecule has 2 heterocycles. The molecular formula is C18H14N8O2. The molecule has 0 fully saturated rings. The first-order chi connectivity index (χ1) is 13.7. The van der Waals surface area contributed by atoms with Gasteiger partial charge in [0.05, 0.1) is 12.4 Å². The number of nitrogens with zero attached hydrogens (tertiary/aromatic N) is 6. The molecule has 0 aliphatic rings. The van der Waals surface area contributed by atoms with Crippen LogP contribution in [-0.2, 0) is 0 Å². The molecule has 4 rings (SSSR count). The van der Waals surface area contributed by atoms with Gasteiger partial charge < -0.3 is 5.73 Å². The average molecular weight is 374 g/mol. The van der Waals surface area contributed by atoms with Crippen molar-refractivity contribution in [3.8, 4) is 16.9 Å². The van der Waals surface area contributed by atoms with Gasteiger partial charge in [-0.05, 0) is 21.4 Å². The Hall–Kier alpha value is -4.34. The van der Waals surface area contributed by atoms with Crippen molar-refractivity contribution in [2.75, 3.05) is 5.73 Å². The molecule has 1 amide bonds. The minimum absolute atomic E-state index is 0.0346. The van der Waals surface area contributed by atoms with Gasteiger partial charge in [0.15, 0.2) is 5.69 Å². The smallest absolute Gasteiger partial charge is 0.293 e. The fourth-order valence-corrected chi connectivity index (χ4v) is 2.53. The molecule has 0 unspecified atom stereocenters. The summed E-state index contributed by atoms with van der Waals surface area (Å²) in [5, 5.41) is 18.6.